The van der Waals surface area contributed by atoms with E-state index in [0.29, 0.717) is 59.4 Å². The third-order valence-corrected chi connectivity index (χ3v) is 7.80. The maximum absolute atomic E-state index is 11.9. The fourth-order valence-corrected chi connectivity index (χ4v) is 5.45. The molecule has 2 fully saturated rings. The summed E-state index contributed by atoms with van der Waals surface area (Å²) in [4.78, 5) is 28.7. The van der Waals surface area contributed by atoms with E-state index in [4.69, 9.17) is 31.0 Å². The van der Waals surface area contributed by atoms with Crippen LogP contribution in [0.2, 0.25) is 5.02 Å². The number of benzene rings is 1. The number of pyridine rings is 1. The SMILES string of the molecule is C=CC(=O)C[C@H]1COC[C@H]1Nc1ncc2cc(-c3cccc(OC)c3Cl)nc(NCC3CCCN3C)c2n1. The smallest absolute Gasteiger partial charge is 0.223 e. The molecule has 0 bridgehead atoms. The van der Waals surface area contributed by atoms with Crippen LogP contribution >= 0.6 is 11.6 Å². The molecule has 3 atom stereocenters. The number of rotatable bonds is 10. The molecule has 2 aromatic heterocycles. The minimum absolute atomic E-state index is 0.00281. The van der Waals surface area contributed by atoms with Crippen LogP contribution in [0.4, 0.5) is 11.8 Å². The average Bonchev–Trinajstić information content (AvgIpc) is 3.55. The van der Waals surface area contributed by atoms with E-state index in [-0.39, 0.29) is 17.7 Å². The molecular weight excluding hydrogens is 504 g/mol. The Bertz CT molecular complexity index is 1340. The van der Waals surface area contributed by atoms with Gasteiger partial charge in [0.25, 0.3) is 0 Å². The van der Waals surface area contributed by atoms with Gasteiger partial charge in [0.2, 0.25) is 5.95 Å². The van der Waals surface area contributed by atoms with Gasteiger partial charge in [-0.15, -0.1) is 0 Å². The third-order valence-electron chi connectivity index (χ3n) is 7.41. The zero-order valence-corrected chi connectivity index (χ0v) is 22.5. The van der Waals surface area contributed by atoms with Crippen LogP contribution in [0.5, 0.6) is 5.75 Å². The average molecular weight is 537 g/mol. The number of fused-ring (bicyclic) bond motifs is 1. The van der Waals surface area contributed by atoms with Crippen molar-refractivity contribution in [3.05, 3.63) is 48.1 Å². The van der Waals surface area contributed by atoms with Crippen molar-refractivity contribution in [1.82, 2.24) is 19.9 Å². The first-order chi connectivity index (χ1) is 18.5. The van der Waals surface area contributed by atoms with Crippen LogP contribution in [0.15, 0.2) is 43.1 Å². The van der Waals surface area contributed by atoms with E-state index in [2.05, 4.69) is 34.1 Å². The standard InChI is InChI=1S/C28H33ClN6O3/c1-4-20(36)11-18-15-38-16-23(18)33-28-31-13-17-12-22(21-8-5-9-24(37-3)25(21)29)32-27(26(17)34-28)30-14-19-7-6-10-35(19)2/h4-5,8-9,12-13,18-19,23H,1,6-7,10-11,14-16H2,2-3H3,(H,30,32)(H,31,33,34)/t18-,19?,23+/m0/s1. The van der Waals surface area contributed by atoms with E-state index in [1.807, 2.05) is 24.3 Å². The lowest BCUT2D eigenvalue weighted by atomic mass is 9.97. The Morgan fingerprint density at radius 1 is 1.34 bits per heavy atom. The molecule has 2 N–H and O–H groups in total. The first-order valence-electron chi connectivity index (χ1n) is 12.9. The molecule has 38 heavy (non-hydrogen) atoms. The van der Waals surface area contributed by atoms with Crippen molar-refractivity contribution in [2.24, 2.45) is 5.92 Å². The molecule has 0 spiro atoms. The molecule has 9 nitrogen and oxygen atoms in total. The highest BCUT2D eigenvalue weighted by Gasteiger charge is 2.30. The maximum Gasteiger partial charge on any atom is 0.223 e. The van der Waals surface area contributed by atoms with Crippen molar-refractivity contribution in [2.45, 2.75) is 31.3 Å². The molecular formula is C28H33ClN6O3. The third kappa shape index (κ3) is 5.60. The highest BCUT2D eigenvalue weighted by Crippen LogP contribution is 2.36. The minimum atomic E-state index is -0.0669. The first-order valence-corrected chi connectivity index (χ1v) is 13.3. The number of carbonyl (C=O) groups excluding carboxylic acids is 1. The zero-order valence-electron chi connectivity index (χ0n) is 21.7. The van der Waals surface area contributed by atoms with E-state index < -0.39 is 0 Å². The number of likely N-dealkylation sites (tertiary alicyclic amines) is 1. The number of allylic oxidation sites excluding steroid dienone is 1. The van der Waals surface area contributed by atoms with E-state index >= 15 is 0 Å². The molecule has 2 aliphatic heterocycles. The van der Waals surface area contributed by atoms with Crippen LogP contribution in [0.25, 0.3) is 22.2 Å². The van der Waals surface area contributed by atoms with Gasteiger partial charge in [-0.05, 0) is 44.6 Å². The summed E-state index contributed by atoms with van der Waals surface area (Å²) in [5.74, 6) is 1.77. The topological polar surface area (TPSA) is 102 Å². The van der Waals surface area contributed by atoms with Crippen molar-refractivity contribution >= 4 is 40.1 Å². The number of carbonyl (C=O) groups is 1. The number of ether oxygens (including phenoxy) is 2. The number of nitrogens with zero attached hydrogens (tertiary/aromatic N) is 4. The van der Waals surface area contributed by atoms with Crippen molar-refractivity contribution in [1.29, 1.82) is 0 Å². The first kappa shape index (κ1) is 26.3. The summed E-state index contributed by atoms with van der Waals surface area (Å²) >= 11 is 6.65. The van der Waals surface area contributed by atoms with Gasteiger partial charge in [-0.1, -0.05) is 30.3 Å². The van der Waals surface area contributed by atoms with Gasteiger partial charge in [0.15, 0.2) is 11.6 Å². The number of halogens is 1. The van der Waals surface area contributed by atoms with Crippen LogP contribution in [0, 0.1) is 5.92 Å². The van der Waals surface area contributed by atoms with E-state index in [9.17, 15) is 4.79 Å². The fraction of sp³-hybridized carbons (Fsp3) is 0.429. The summed E-state index contributed by atoms with van der Waals surface area (Å²) < 4.78 is 11.1. The molecule has 0 amide bonds. The highest BCUT2D eigenvalue weighted by atomic mass is 35.5. The summed E-state index contributed by atoms with van der Waals surface area (Å²) in [5.41, 5.74) is 2.19. The molecule has 3 aromatic rings. The van der Waals surface area contributed by atoms with Gasteiger partial charge in [-0.3, -0.25) is 4.79 Å². The minimum Gasteiger partial charge on any atom is -0.495 e. The van der Waals surface area contributed by atoms with Crippen molar-refractivity contribution in [2.75, 3.05) is 51.1 Å². The fourth-order valence-electron chi connectivity index (χ4n) is 5.15. The van der Waals surface area contributed by atoms with Gasteiger partial charge in [-0.25, -0.2) is 15.0 Å². The lowest BCUT2D eigenvalue weighted by Crippen LogP contribution is -2.32. The number of ketones is 1. The number of hydrogen-bond donors (Lipinski definition) is 2. The van der Waals surface area contributed by atoms with Crippen LogP contribution in [-0.2, 0) is 9.53 Å². The summed E-state index contributed by atoms with van der Waals surface area (Å²) in [5, 5.41) is 8.27. The predicted octanol–water partition coefficient (Wildman–Crippen LogP) is 4.43. The maximum atomic E-state index is 11.9. The number of aromatic nitrogens is 3. The summed E-state index contributed by atoms with van der Waals surface area (Å²) in [6, 6.07) is 7.95. The summed E-state index contributed by atoms with van der Waals surface area (Å²) in [6.07, 6.45) is 5.85. The molecule has 2 saturated heterocycles. The largest absolute Gasteiger partial charge is 0.495 e. The normalized spacial score (nSPS) is 21.5. The van der Waals surface area contributed by atoms with E-state index in [0.717, 1.165) is 30.5 Å². The number of methoxy groups -OCH3 is 1. The molecule has 0 radical (unpaired) electrons. The second kappa shape index (κ2) is 11.6. The van der Waals surface area contributed by atoms with Crippen molar-refractivity contribution < 1.29 is 14.3 Å². The predicted molar refractivity (Wildman–Crippen MR) is 150 cm³/mol. The van der Waals surface area contributed by atoms with Crippen molar-refractivity contribution in [3.63, 3.8) is 0 Å². The Hall–Kier alpha value is -3.27. The van der Waals surface area contributed by atoms with Crippen LogP contribution < -0.4 is 15.4 Å². The van der Waals surface area contributed by atoms with Gasteiger partial charge in [0.05, 0.1) is 37.1 Å². The molecule has 1 unspecified atom stereocenters. The Morgan fingerprint density at radius 3 is 2.97 bits per heavy atom. The Kier molecular flexibility index (Phi) is 8.06. The molecule has 4 heterocycles. The highest BCUT2D eigenvalue weighted by molar-refractivity contribution is 6.34. The molecule has 10 heteroatoms. The Balaban J connectivity index is 1.49. The number of hydrogen-bond acceptors (Lipinski definition) is 9. The Morgan fingerprint density at radius 2 is 2.21 bits per heavy atom. The van der Waals surface area contributed by atoms with Gasteiger partial charge in [-0.2, -0.15) is 0 Å². The quantitative estimate of drug-likeness (QED) is 0.364. The van der Waals surface area contributed by atoms with Crippen molar-refractivity contribution in [3.8, 4) is 17.0 Å². The van der Waals surface area contributed by atoms with Crippen LogP contribution in [0.1, 0.15) is 19.3 Å². The van der Waals surface area contributed by atoms with E-state index in [1.165, 1.54) is 12.5 Å². The second-order valence-electron chi connectivity index (χ2n) is 9.89. The van der Waals surface area contributed by atoms with Crippen LogP contribution in [-0.4, -0.2) is 78.2 Å². The number of likely N-dealkylation sites (N-methyl/N-ethyl adjacent to an activating group) is 1. The zero-order chi connectivity index (χ0) is 26.6. The number of anilines is 2. The summed E-state index contributed by atoms with van der Waals surface area (Å²) in [7, 11) is 3.75. The molecule has 0 aliphatic carbocycles. The molecule has 2 aliphatic rings. The molecule has 5 rings (SSSR count). The molecule has 1 aromatic carbocycles. The summed E-state index contributed by atoms with van der Waals surface area (Å²) in [6.45, 7) is 6.43. The van der Waals surface area contributed by atoms with Crippen LogP contribution in [0.3, 0.4) is 0 Å². The van der Waals surface area contributed by atoms with E-state index in [1.54, 1.807) is 13.3 Å². The Labute approximate surface area is 227 Å². The number of nitrogens with one attached hydrogen (secondary N) is 2. The second-order valence-corrected chi connectivity index (χ2v) is 10.3. The monoisotopic (exact) mass is 536 g/mol. The molecule has 0 saturated carbocycles. The van der Waals surface area contributed by atoms with Gasteiger partial charge < -0.3 is 25.0 Å². The molecule has 200 valence electrons. The van der Waals surface area contributed by atoms with Gasteiger partial charge in [0, 0.05) is 42.1 Å². The van der Waals surface area contributed by atoms with Gasteiger partial charge >= 0.3 is 0 Å². The van der Waals surface area contributed by atoms with Gasteiger partial charge in [0.1, 0.15) is 11.3 Å². The lowest BCUT2D eigenvalue weighted by Gasteiger charge is -2.21. The lowest BCUT2D eigenvalue weighted by molar-refractivity contribution is -0.115.